The normalized spacial score (nSPS) is 13.9. The summed E-state index contributed by atoms with van der Waals surface area (Å²) in [6.07, 6.45) is -4.56. The molecule has 0 aromatic heterocycles. The summed E-state index contributed by atoms with van der Waals surface area (Å²) in [5, 5.41) is 5.05. The Morgan fingerprint density at radius 2 is 1.53 bits per heavy atom. The Morgan fingerprint density at radius 3 is 2.25 bits per heavy atom. The zero-order chi connectivity index (χ0) is 26.2. The fraction of sp³-hybridized carbons (Fsp3) is 0.0417. The van der Waals surface area contributed by atoms with Crippen LogP contribution in [0, 0.1) is 0 Å². The third-order valence-electron chi connectivity index (χ3n) is 5.02. The Labute approximate surface area is 217 Å². The van der Waals surface area contributed by atoms with Gasteiger partial charge in [0.2, 0.25) is 0 Å². The van der Waals surface area contributed by atoms with Crippen molar-refractivity contribution in [2.24, 2.45) is 0 Å². The molecule has 0 saturated heterocycles. The molecule has 184 valence electrons. The van der Waals surface area contributed by atoms with E-state index in [1.807, 2.05) is 0 Å². The zero-order valence-corrected chi connectivity index (χ0v) is 20.1. The molecule has 0 saturated carbocycles. The summed E-state index contributed by atoms with van der Waals surface area (Å²) in [5.74, 6) is -2.32. The van der Waals surface area contributed by atoms with E-state index in [1.54, 1.807) is 0 Å². The first-order chi connectivity index (χ1) is 17.0. The van der Waals surface area contributed by atoms with E-state index in [0.29, 0.717) is 0 Å². The Balaban J connectivity index is 1.55. The molecular weight excluding hydrogens is 542 g/mol. The second-order valence-electron chi connectivity index (χ2n) is 7.47. The number of hydrogen-bond acceptors (Lipinski definition) is 4. The zero-order valence-electron chi connectivity index (χ0n) is 17.8. The van der Waals surface area contributed by atoms with E-state index in [-0.39, 0.29) is 38.4 Å². The van der Waals surface area contributed by atoms with Crippen molar-refractivity contribution >= 4 is 69.6 Å². The van der Waals surface area contributed by atoms with E-state index in [1.165, 1.54) is 54.6 Å². The van der Waals surface area contributed by atoms with Crippen molar-refractivity contribution in [1.82, 2.24) is 0 Å². The number of benzene rings is 3. The molecule has 4 rings (SSSR count). The van der Waals surface area contributed by atoms with Crippen LogP contribution in [0.15, 0.2) is 77.5 Å². The van der Waals surface area contributed by atoms with Crippen LogP contribution in [0.1, 0.15) is 15.9 Å². The lowest BCUT2D eigenvalue weighted by molar-refractivity contribution is -0.137. The van der Waals surface area contributed by atoms with E-state index in [4.69, 9.17) is 34.8 Å². The van der Waals surface area contributed by atoms with Gasteiger partial charge in [-0.1, -0.05) is 46.9 Å². The molecular formula is C24H13Cl3F3N3O3. The molecule has 1 aliphatic heterocycles. The average Bonchev–Trinajstić information content (AvgIpc) is 3.03. The van der Waals surface area contributed by atoms with Crippen LogP contribution in [0.4, 0.5) is 30.2 Å². The summed E-state index contributed by atoms with van der Waals surface area (Å²) in [4.78, 5) is 39.1. The Morgan fingerprint density at radius 1 is 0.833 bits per heavy atom. The summed E-state index contributed by atoms with van der Waals surface area (Å²) in [7, 11) is 0. The summed E-state index contributed by atoms with van der Waals surface area (Å²) >= 11 is 18.2. The first-order valence-corrected chi connectivity index (χ1v) is 11.2. The molecule has 6 nitrogen and oxygen atoms in total. The Bertz CT molecular complexity index is 1440. The average molecular weight is 555 g/mol. The van der Waals surface area contributed by atoms with Gasteiger partial charge in [0.15, 0.2) is 0 Å². The Kier molecular flexibility index (Phi) is 6.99. The van der Waals surface area contributed by atoms with E-state index >= 15 is 0 Å². The van der Waals surface area contributed by atoms with Gasteiger partial charge in [-0.2, -0.15) is 13.2 Å². The van der Waals surface area contributed by atoms with Gasteiger partial charge >= 0.3 is 6.18 Å². The summed E-state index contributed by atoms with van der Waals surface area (Å²) in [6, 6.07) is 14.2. The Hall–Kier alpha value is -3.53. The molecule has 0 unspecified atom stereocenters. The van der Waals surface area contributed by atoms with Crippen molar-refractivity contribution in [3.8, 4) is 0 Å². The highest BCUT2D eigenvalue weighted by Gasteiger charge is 2.40. The molecule has 2 N–H and O–H groups in total. The van der Waals surface area contributed by atoms with Crippen molar-refractivity contribution in [2.45, 2.75) is 6.18 Å². The van der Waals surface area contributed by atoms with Crippen LogP contribution < -0.4 is 15.5 Å². The maximum absolute atomic E-state index is 13.0. The third kappa shape index (κ3) is 5.18. The molecule has 0 atom stereocenters. The van der Waals surface area contributed by atoms with Crippen molar-refractivity contribution in [2.75, 3.05) is 15.5 Å². The molecule has 1 heterocycles. The number of nitrogens with zero attached hydrogens (tertiary/aromatic N) is 1. The van der Waals surface area contributed by atoms with Crippen LogP contribution in [0.25, 0.3) is 0 Å². The summed E-state index contributed by atoms with van der Waals surface area (Å²) in [5.41, 5.74) is -0.882. The monoisotopic (exact) mass is 553 g/mol. The van der Waals surface area contributed by atoms with Crippen molar-refractivity contribution in [3.63, 3.8) is 0 Å². The van der Waals surface area contributed by atoms with E-state index in [0.717, 1.165) is 17.0 Å². The number of alkyl halides is 3. The summed E-state index contributed by atoms with van der Waals surface area (Å²) in [6.45, 7) is 0. The standard InChI is InChI=1S/C24H13Cl3F3N3O3/c25-14-7-8-17(26)18(11-14)33-22(35)19(27)20(23(33)36)31-15-5-1-3-12(9-15)21(34)32-16-6-2-4-13(10-16)24(28,29)30/h1-11,31H,(H,32,34). The number of amides is 3. The van der Waals surface area contributed by atoms with Gasteiger partial charge in [-0.3, -0.25) is 14.4 Å². The van der Waals surface area contributed by atoms with Crippen molar-refractivity contribution in [1.29, 1.82) is 0 Å². The molecule has 3 amide bonds. The highest BCUT2D eigenvalue weighted by molar-refractivity contribution is 6.54. The summed E-state index contributed by atoms with van der Waals surface area (Å²) < 4.78 is 38.8. The van der Waals surface area contributed by atoms with Crippen molar-refractivity contribution < 1.29 is 27.6 Å². The number of hydrogen-bond donors (Lipinski definition) is 2. The molecule has 36 heavy (non-hydrogen) atoms. The number of carbonyl (C=O) groups is 3. The minimum absolute atomic E-state index is 0.0448. The van der Waals surface area contributed by atoms with Crippen LogP contribution in [0.2, 0.25) is 10.0 Å². The quantitative estimate of drug-likeness (QED) is 0.344. The second-order valence-corrected chi connectivity index (χ2v) is 8.69. The first-order valence-electron chi connectivity index (χ1n) is 10.0. The van der Waals surface area contributed by atoms with Gasteiger partial charge in [0.1, 0.15) is 10.7 Å². The number of halogens is 6. The van der Waals surface area contributed by atoms with E-state index < -0.39 is 34.5 Å². The van der Waals surface area contributed by atoms with Gasteiger partial charge in [0.05, 0.1) is 16.3 Å². The minimum atomic E-state index is -4.56. The van der Waals surface area contributed by atoms with Gasteiger partial charge in [-0.25, -0.2) is 4.90 Å². The SMILES string of the molecule is O=C(Nc1cccc(C(F)(F)F)c1)c1cccc(NC2=C(Cl)C(=O)N(c3cc(Cl)ccc3Cl)C2=O)c1. The van der Waals surface area contributed by atoms with Gasteiger partial charge in [-0.15, -0.1) is 0 Å². The van der Waals surface area contributed by atoms with E-state index in [2.05, 4.69) is 10.6 Å². The van der Waals surface area contributed by atoms with Crippen molar-refractivity contribution in [3.05, 3.63) is 98.6 Å². The molecule has 12 heteroatoms. The van der Waals surface area contributed by atoms with Crippen LogP contribution in [0.5, 0.6) is 0 Å². The lowest BCUT2D eigenvalue weighted by Crippen LogP contribution is -2.32. The van der Waals surface area contributed by atoms with E-state index in [9.17, 15) is 27.6 Å². The largest absolute Gasteiger partial charge is 0.416 e. The van der Waals surface area contributed by atoms with Gasteiger partial charge < -0.3 is 10.6 Å². The fourth-order valence-corrected chi connectivity index (χ4v) is 3.93. The number of imide groups is 1. The predicted octanol–water partition coefficient (Wildman–Crippen LogP) is 6.70. The molecule has 0 radical (unpaired) electrons. The lowest BCUT2D eigenvalue weighted by Gasteiger charge is -2.17. The van der Waals surface area contributed by atoms with Crippen LogP contribution in [-0.4, -0.2) is 17.7 Å². The minimum Gasteiger partial charge on any atom is -0.350 e. The maximum atomic E-state index is 13.0. The molecule has 0 fully saturated rings. The molecule has 3 aromatic rings. The number of rotatable bonds is 5. The lowest BCUT2D eigenvalue weighted by atomic mass is 10.1. The van der Waals surface area contributed by atoms with Crippen LogP contribution in [-0.2, 0) is 15.8 Å². The first kappa shape index (κ1) is 25.6. The van der Waals surface area contributed by atoms with Gasteiger partial charge in [0, 0.05) is 22.0 Å². The number of nitrogens with one attached hydrogen (secondary N) is 2. The highest BCUT2D eigenvalue weighted by Crippen LogP contribution is 2.36. The smallest absolute Gasteiger partial charge is 0.350 e. The topological polar surface area (TPSA) is 78.5 Å². The molecule has 1 aliphatic rings. The number of carbonyl (C=O) groups excluding carboxylic acids is 3. The maximum Gasteiger partial charge on any atom is 0.416 e. The van der Waals surface area contributed by atoms with Crippen LogP contribution in [0.3, 0.4) is 0 Å². The third-order valence-corrected chi connectivity index (χ3v) is 5.92. The molecule has 0 spiro atoms. The molecule has 3 aromatic carbocycles. The fourth-order valence-electron chi connectivity index (χ4n) is 3.35. The van der Waals surface area contributed by atoms with Gasteiger partial charge in [0.25, 0.3) is 17.7 Å². The van der Waals surface area contributed by atoms with Crippen LogP contribution >= 0.6 is 34.8 Å². The molecule has 0 aliphatic carbocycles. The highest BCUT2D eigenvalue weighted by atomic mass is 35.5. The predicted molar refractivity (Wildman–Crippen MR) is 131 cm³/mol. The van der Waals surface area contributed by atoms with Gasteiger partial charge in [-0.05, 0) is 54.6 Å². The molecule has 0 bridgehead atoms. The number of anilines is 3. The second kappa shape index (κ2) is 9.85.